The maximum absolute atomic E-state index is 11.5. The van der Waals surface area contributed by atoms with Crippen LogP contribution in [0.5, 0.6) is 0 Å². The molecule has 1 aromatic carbocycles. The molecule has 18 heavy (non-hydrogen) atoms. The molecule has 5 heteroatoms. The highest BCUT2D eigenvalue weighted by Crippen LogP contribution is 2.28. The molecule has 98 valence electrons. The summed E-state index contributed by atoms with van der Waals surface area (Å²) < 4.78 is 0. The smallest absolute Gasteiger partial charge is 0.250 e. The van der Waals surface area contributed by atoms with Gasteiger partial charge < -0.3 is 16.4 Å². The average Bonchev–Trinajstić information content (AvgIpc) is 2.39. The Morgan fingerprint density at radius 3 is 2.61 bits per heavy atom. The van der Waals surface area contributed by atoms with Crippen molar-refractivity contribution < 1.29 is 4.79 Å². The van der Waals surface area contributed by atoms with E-state index in [1.807, 2.05) is 6.07 Å². The van der Waals surface area contributed by atoms with Crippen LogP contribution in [0, 0.1) is 5.92 Å². The molecule has 0 atom stereocenters. The largest absolute Gasteiger partial charge is 0.371 e. The quantitative estimate of drug-likeness (QED) is 0.874. The first-order valence-electron chi connectivity index (χ1n) is 6.16. The van der Waals surface area contributed by atoms with Crippen molar-refractivity contribution >= 4 is 23.2 Å². The summed E-state index contributed by atoms with van der Waals surface area (Å²) >= 11 is 5.90. The van der Waals surface area contributed by atoms with E-state index in [-0.39, 0.29) is 0 Å². The first-order valence-corrected chi connectivity index (χ1v) is 6.54. The number of nitrogens with two attached hydrogens (primary N) is 2. The fraction of sp³-hybridized carbons (Fsp3) is 0.462. The molecule has 0 unspecified atom stereocenters. The van der Waals surface area contributed by atoms with Crippen LogP contribution < -0.4 is 16.4 Å². The van der Waals surface area contributed by atoms with Crippen molar-refractivity contribution in [2.45, 2.75) is 12.8 Å². The van der Waals surface area contributed by atoms with Crippen LogP contribution >= 0.6 is 11.6 Å². The summed E-state index contributed by atoms with van der Waals surface area (Å²) in [7, 11) is 0. The Morgan fingerprint density at radius 1 is 1.39 bits per heavy atom. The van der Waals surface area contributed by atoms with Crippen LogP contribution in [0.25, 0.3) is 0 Å². The van der Waals surface area contributed by atoms with Crippen molar-refractivity contribution in [2.75, 3.05) is 24.5 Å². The average molecular weight is 268 g/mol. The van der Waals surface area contributed by atoms with Gasteiger partial charge in [-0.05, 0) is 43.5 Å². The summed E-state index contributed by atoms with van der Waals surface area (Å²) in [5.74, 6) is 0.152. The number of carbonyl (C=O) groups is 1. The molecule has 1 aliphatic heterocycles. The number of amides is 1. The summed E-state index contributed by atoms with van der Waals surface area (Å²) in [5.41, 5.74) is 12.4. The molecular formula is C13H18ClN3O. The third-order valence-corrected chi connectivity index (χ3v) is 3.75. The van der Waals surface area contributed by atoms with Crippen LogP contribution in [0.4, 0.5) is 5.69 Å². The van der Waals surface area contributed by atoms with Gasteiger partial charge in [0, 0.05) is 23.8 Å². The summed E-state index contributed by atoms with van der Waals surface area (Å²) in [5, 5.41) is 0.532. The van der Waals surface area contributed by atoms with Crippen LogP contribution in [0.1, 0.15) is 23.2 Å². The van der Waals surface area contributed by atoms with Crippen molar-refractivity contribution in [1.82, 2.24) is 0 Å². The van der Waals surface area contributed by atoms with E-state index in [0.717, 1.165) is 38.2 Å². The molecule has 1 amide bonds. The SMILES string of the molecule is NCC1CCN(c2ccc(Cl)cc2C(N)=O)CC1. The summed E-state index contributed by atoms with van der Waals surface area (Å²) in [6.45, 7) is 2.55. The molecule has 1 fully saturated rings. The molecule has 1 aromatic rings. The minimum Gasteiger partial charge on any atom is -0.371 e. The van der Waals surface area contributed by atoms with Gasteiger partial charge in [0.15, 0.2) is 0 Å². The highest BCUT2D eigenvalue weighted by Gasteiger charge is 2.21. The maximum Gasteiger partial charge on any atom is 0.250 e. The van der Waals surface area contributed by atoms with Crippen LogP contribution in [0.2, 0.25) is 5.02 Å². The Labute approximate surface area is 112 Å². The Hall–Kier alpha value is -1.26. The summed E-state index contributed by atoms with van der Waals surface area (Å²) in [6.07, 6.45) is 2.11. The van der Waals surface area contributed by atoms with E-state index >= 15 is 0 Å². The molecule has 1 aliphatic rings. The normalized spacial score (nSPS) is 16.9. The van der Waals surface area contributed by atoms with E-state index in [9.17, 15) is 4.79 Å². The van der Waals surface area contributed by atoms with Gasteiger partial charge in [0.1, 0.15) is 0 Å². The standard InChI is InChI=1S/C13H18ClN3O/c14-10-1-2-12(11(7-10)13(16)18)17-5-3-9(8-15)4-6-17/h1-2,7,9H,3-6,8,15H2,(H2,16,18). The third-order valence-electron chi connectivity index (χ3n) is 3.51. The first kappa shape index (κ1) is 13.2. The molecule has 2 rings (SSSR count). The molecular weight excluding hydrogens is 250 g/mol. The Kier molecular flexibility index (Phi) is 4.09. The molecule has 0 radical (unpaired) electrons. The van der Waals surface area contributed by atoms with Crippen molar-refractivity contribution in [1.29, 1.82) is 0 Å². The monoisotopic (exact) mass is 267 g/mol. The second-order valence-electron chi connectivity index (χ2n) is 4.69. The van der Waals surface area contributed by atoms with E-state index in [0.29, 0.717) is 16.5 Å². The number of nitrogens with zero attached hydrogens (tertiary/aromatic N) is 1. The topological polar surface area (TPSA) is 72.3 Å². The molecule has 0 aromatic heterocycles. The lowest BCUT2D eigenvalue weighted by Gasteiger charge is -2.34. The van der Waals surface area contributed by atoms with E-state index < -0.39 is 5.91 Å². The lowest BCUT2D eigenvalue weighted by atomic mass is 9.96. The number of benzene rings is 1. The predicted molar refractivity (Wildman–Crippen MR) is 74.0 cm³/mol. The van der Waals surface area contributed by atoms with E-state index in [1.165, 1.54) is 0 Å². The lowest BCUT2D eigenvalue weighted by Crippen LogP contribution is -2.37. The summed E-state index contributed by atoms with van der Waals surface area (Å²) in [6, 6.07) is 5.29. The van der Waals surface area contributed by atoms with Gasteiger partial charge in [-0.15, -0.1) is 0 Å². The van der Waals surface area contributed by atoms with Crippen molar-refractivity contribution in [3.8, 4) is 0 Å². The molecule has 1 heterocycles. The fourth-order valence-electron chi connectivity index (χ4n) is 2.39. The molecule has 1 saturated heterocycles. The lowest BCUT2D eigenvalue weighted by molar-refractivity contribution is 0.100. The molecule has 0 aliphatic carbocycles. The van der Waals surface area contributed by atoms with Crippen molar-refractivity contribution in [3.05, 3.63) is 28.8 Å². The number of primary amides is 1. The highest BCUT2D eigenvalue weighted by molar-refractivity contribution is 6.31. The molecule has 4 N–H and O–H groups in total. The van der Waals surface area contributed by atoms with Gasteiger partial charge in [0.05, 0.1) is 5.56 Å². The van der Waals surface area contributed by atoms with Gasteiger partial charge in [0.25, 0.3) is 5.91 Å². The van der Waals surface area contributed by atoms with Crippen LogP contribution in [0.15, 0.2) is 18.2 Å². The van der Waals surface area contributed by atoms with Crippen LogP contribution in [-0.2, 0) is 0 Å². The fourth-order valence-corrected chi connectivity index (χ4v) is 2.56. The van der Waals surface area contributed by atoms with E-state index in [2.05, 4.69) is 4.90 Å². The molecule has 0 bridgehead atoms. The summed E-state index contributed by atoms with van der Waals surface area (Å²) in [4.78, 5) is 13.6. The third kappa shape index (κ3) is 2.76. The zero-order valence-corrected chi connectivity index (χ0v) is 11.0. The molecule has 4 nitrogen and oxygen atoms in total. The number of anilines is 1. The van der Waals surface area contributed by atoms with Crippen LogP contribution in [0.3, 0.4) is 0 Å². The van der Waals surface area contributed by atoms with Gasteiger partial charge in [-0.1, -0.05) is 11.6 Å². The number of carbonyl (C=O) groups excluding carboxylic acids is 1. The van der Waals surface area contributed by atoms with Gasteiger partial charge in [-0.3, -0.25) is 4.79 Å². The Bertz CT molecular complexity index is 442. The van der Waals surface area contributed by atoms with Gasteiger partial charge in [-0.2, -0.15) is 0 Å². The first-order chi connectivity index (χ1) is 8.61. The number of hydrogen-bond donors (Lipinski definition) is 2. The maximum atomic E-state index is 11.5. The van der Waals surface area contributed by atoms with Gasteiger partial charge in [0.2, 0.25) is 0 Å². The highest BCUT2D eigenvalue weighted by atomic mass is 35.5. The van der Waals surface area contributed by atoms with Gasteiger partial charge >= 0.3 is 0 Å². The zero-order chi connectivity index (χ0) is 13.1. The second kappa shape index (κ2) is 5.59. The molecule has 0 spiro atoms. The zero-order valence-electron chi connectivity index (χ0n) is 10.2. The minimum atomic E-state index is -0.437. The number of piperidine rings is 1. The second-order valence-corrected chi connectivity index (χ2v) is 5.13. The van der Waals surface area contributed by atoms with Crippen molar-refractivity contribution in [2.24, 2.45) is 17.4 Å². The van der Waals surface area contributed by atoms with Crippen molar-refractivity contribution in [3.63, 3.8) is 0 Å². The van der Waals surface area contributed by atoms with E-state index in [1.54, 1.807) is 12.1 Å². The number of hydrogen-bond acceptors (Lipinski definition) is 3. The minimum absolute atomic E-state index is 0.437. The van der Waals surface area contributed by atoms with E-state index in [4.69, 9.17) is 23.1 Å². The Balaban J connectivity index is 2.21. The number of rotatable bonds is 3. The predicted octanol–water partition coefficient (Wildman–Crippen LogP) is 1.61. The number of halogens is 1. The Morgan fingerprint density at radius 2 is 2.06 bits per heavy atom. The van der Waals surface area contributed by atoms with Crippen LogP contribution in [-0.4, -0.2) is 25.5 Å². The molecule has 0 saturated carbocycles. The van der Waals surface area contributed by atoms with Gasteiger partial charge in [-0.25, -0.2) is 0 Å².